The summed E-state index contributed by atoms with van der Waals surface area (Å²) in [5.41, 5.74) is 1.51. The standard InChI is InChI=1S/C17H13FN2O2S/c1-2-9-20-16(21)15(23-17(20)22)11-14-4-3-10-19(14)13-7-5-12(18)6-8-13/h2-8,10-11H,1,9H2/b15-11-. The Balaban J connectivity index is 1.94. The molecule has 3 rings (SSSR count). The van der Waals surface area contributed by atoms with Gasteiger partial charge in [0, 0.05) is 24.1 Å². The lowest BCUT2D eigenvalue weighted by Gasteiger charge is -2.08. The summed E-state index contributed by atoms with van der Waals surface area (Å²) in [6.07, 6.45) is 4.99. The van der Waals surface area contributed by atoms with Gasteiger partial charge in [-0.15, -0.1) is 6.58 Å². The van der Waals surface area contributed by atoms with E-state index in [9.17, 15) is 14.0 Å². The molecular formula is C17H13FN2O2S. The quantitative estimate of drug-likeness (QED) is 0.632. The Bertz CT molecular complexity index is 808. The van der Waals surface area contributed by atoms with Crippen LogP contribution in [0.15, 0.2) is 60.2 Å². The van der Waals surface area contributed by atoms with E-state index in [0.29, 0.717) is 4.91 Å². The Morgan fingerprint density at radius 1 is 1.17 bits per heavy atom. The Morgan fingerprint density at radius 2 is 1.91 bits per heavy atom. The molecule has 4 nitrogen and oxygen atoms in total. The SMILES string of the molecule is C=CCN1C(=O)S/C(=C\c2cccn2-c2ccc(F)cc2)C1=O. The molecule has 0 spiro atoms. The summed E-state index contributed by atoms with van der Waals surface area (Å²) in [5.74, 6) is -0.639. The number of amides is 2. The molecule has 116 valence electrons. The van der Waals surface area contributed by atoms with Gasteiger partial charge in [-0.3, -0.25) is 14.5 Å². The number of aromatic nitrogens is 1. The fourth-order valence-electron chi connectivity index (χ4n) is 2.27. The monoisotopic (exact) mass is 328 g/mol. The second-order valence-corrected chi connectivity index (χ2v) is 5.85. The Morgan fingerprint density at radius 3 is 2.61 bits per heavy atom. The molecule has 1 aliphatic rings. The van der Waals surface area contributed by atoms with Crippen molar-refractivity contribution >= 4 is 29.0 Å². The van der Waals surface area contributed by atoms with Gasteiger partial charge in [-0.25, -0.2) is 4.39 Å². The molecule has 1 aromatic heterocycles. The van der Waals surface area contributed by atoms with Crippen molar-refractivity contribution < 1.29 is 14.0 Å². The second kappa shape index (κ2) is 6.26. The highest BCUT2D eigenvalue weighted by Gasteiger charge is 2.34. The summed E-state index contributed by atoms with van der Waals surface area (Å²) in [5, 5.41) is -0.305. The predicted molar refractivity (Wildman–Crippen MR) is 88.6 cm³/mol. The van der Waals surface area contributed by atoms with E-state index in [0.717, 1.165) is 28.0 Å². The molecule has 0 aliphatic carbocycles. The van der Waals surface area contributed by atoms with Gasteiger partial charge in [-0.2, -0.15) is 0 Å². The number of benzene rings is 1. The Hall–Kier alpha value is -2.60. The topological polar surface area (TPSA) is 42.3 Å². The summed E-state index contributed by atoms with van der Waals surface area (Å²) in [7, 11) is 0. The van der Waals surface area contributed by atoms with Crippen LogP contribution >= 0.6 is 11.8 Å². The van der Waals surface area contributed by atoms with Crippen molar-refractivity contribution in [3.8, 4) is 5.69 Å². The number of hydrogen-bond donors (Lipinski definition) is 0. The first kappa shape index (κ1) is 15.3. The van der Waals surface area contributed by atoms with E-state index in [1.165, 1.54) is 18.2 Å². The van der Waals surface area contributed by atoms with Crippen LogP contribution in [0.25, 0.3) is 11.8 Å². The van der Waals surface area contributed by atoms with Crippen LogP contribution in [-0.4, -0.2) is 27.2 Å². The van der Waals surface area contributed by atoms with Crippen molar-refractivity contribution in [1.29, 1.82) is 0 Å². The molecule has 0 unspecified atom stereocenters. The zero-order chi connectivity index (χ0) is 16.4. The molecule has 0 radical (unpaired) electrons. The van der Waals surface area contributed by atoms with Gasteiger partial charge in [0.15, 0.2) is 0 Å². The van der Waals surface area contributed by atoms with Crippen molar-refractivity contribution in [1.82, 2.24) is 9.47 Å². The number of carbonyl (C=O) groups is 2. The molecule has 2 heterocycles. The Kier molecular flexibility index (Phi) is 4.16. The summed E-state index contributed by atoms with van der Waals surface area (Å²) >= 11 is 0.904. The second-order valence-electron chi connectivity index (χ2n) is 4.86. The van der Waals surface area contributed by atoms with E-state index in [4.69, 9.17) is 0 Å². The maximum Gasteiger partial charge on any atom is 0.293 e. The molecule has 0 N–H and O–H groups in total. The number of hydrogen-bond acceptors (Lipinski definition) is 3. The molecule has 0 bridgehead atoms. The van der Waals surface area contributed by atoms with Crippen LogP contribution in [0, 0.1) is 5.82 Å². The van der Waals surface area contributed by atoms with Gasteiger partial charge in [0.25, 0.3) is 11.1 Å². The molecule has 0 atom stereocenters. The molecule has 0 saturated carbocycles. The van der Waals surface area contributed by atoms with Gasteiger partial charge in [-0.05, 0) is 54.2 Å². The van der Waals surface area contributed by atoms with Crippen LogP contribution in [0.4, 0.5) is 9.18 Å². The summed E-state index contributed by atoms with van der Waals surface area (Å²) in [4.78, 5) is 25.6. The summed E-state index contributed by atoms with van der Waals surface area (Å²) in [6.45, 7) is 3.74. The van der Waals surface area contributed by atoms with E-state index in [1.807, 2.05) is 22.9 Å². The zero-order valence-corrected chi connectivity index (χ0v) is 12.9. The van der Waals surface area contributed by atoms with Crippen LogP contribution in [0.3, 0.4) is 0 Å². The van der Waals surface area contributed by atoms with Crippen molar-refractivity contribution in [3.05, 3.63) is 71.7 Å². The molecule has 1 saturated heterocycles. The summed E-state index contributed by atoms with van der Waals surface area (Å²) in [6, 6.07) is 9.69. The van der Waals surface area contributed by atoms with E-state index >= 15 is 0 Å². The molecule has 6 heteroatoms. The average molecular weight is 328 g/mol. The minimum absolute atomic E-state index is 0.195. The van der Waals surface area contributed by atoms with E-state index < -0.39 is 0 Å². The van der Waals surface area contributed by atoms with E-state index in [2.05, 4.69) is 6.58 Å². The van der Waals surface area contributed by atoms with Crippen molar-refractivity contribution in [3.63, 3.8) is 0 Å². The van der Waals surface area contributed by atoms with Gasteiger partial charge in [0.05, 0.1) is 4.91 Å². The molecule has 1 fully saturated rings. The molecule has 2 amide bonds. The third-order valence-electron chi connectivity index (χ3n) is 3.35. The van der Waals surface area contributed by atoms with Crippen LogP contribution in [0.2, 0.25) is 0 Å². The first-order chi connectivity index (χ1) is 11.1. The average Bonchev–Trinajstić information content (AvgIpc) is 3.09. The van der Waals surface area contributed by atoms with Crippen molar-refractivity contribution in [2.24, 2.45) is 0 Å². The number of rotatable bonds is 4. The maximum atomic E-state index is 13.0. The van der Waals surface area contributed by atoms with E-state index in [-0.39, 0.29) is 23.5 Å². The van der Waals surface area contributed by atoms with E-state index in [1.54, 1.807) is 18.2 Å². The smallest absolute Gasteiger partial charge is 0.293 e. The fraction of sp³-hybridized carbons (Fsp3) is 0.0588. The number of nitrogens with zero attached hydrogens (tertiary/aromatic N) is 2. The van der Waals surface area contributed by atoms with Crippen LogP contribution in [0.5, 0.6) is 0 Å². The highest BCUT2D eigenvalue weighted by molar-refractivity contribution is 8.18. The maximum absolute atomic E-state index is 13.0. The largest absolute Gasteiger partial charge is 0.317 e. The fourth-order valence-corrected chi connectivity index (χ4v) is 3.10. The third-order valence-corrected chi connectivity index (χ3v) is 4.26. The molecule has 1 aliphatic heterocycles. The zero-order valence-electron chi connectivity index (χ0n) is 12.1. The predicted octanol–water partition coefficient (Wildman–Crippen LogP) is 3.84. The molecule has 1 aromatic carbocycles. The highest BCUT2D eigenvalue weighted by Crippen LogP contribution is 2.32. The molecule has 2 aromatic rings. The molecule has 23 heavy (non-hydrogen) atoms. The molecular weight excluding hydrogens is 315 g/mol. The van der Waals surface area contributed by atoms with Crippen molar-refractivity contribution in [2.45, 2.75) is 0 Å². The normalized spacial score (nSPS) is 16.4. The lowest BCUT2D eigenvalue weighted by molar-refractivity contribution is -0.122. The minimum atomic E-state index is -0.327. The first-order valence-corrected chi connectivity index (χ1v) is 7.71. The number of imide groups is 1. The lowest BCUT2D eigenvalue weighted by atomic mass is 10.3. The van der Waals surface area contributed by atoms with Gasteiger partial charge >= 0.3 is 0 Å². The summed E-state index contributed by atoms with van der Waals surface area (Å²) < 4.78 is 14.9. The van der Waals surface area contributed by atoms with Crippen LogP contribution in [-0.2, 0) is 4.79 Å². The Labute approximate surface area is 136 Å². The van der Waals surface area contributed by atoms with Gasteiger partial charge in [0.1, 0.15) is 5.82 Å². The number of thioether (sulfide) groups is 1. The third kappa shape index (κ3) is 2.98. The van der Waals surface area contributed by atoms with Gasteiger partial charge < -0.3 is 4.57 Å². The first-order valence-electron chi connectivity index (χ1n) is 6.89. The highest BCUT2D eigenvalue weighted by atomic mass is 32.2. The van der Waals surface area contributed by atoms with Crippen molar-refractivity contribution in [2.75, 3.05) is 6.54 Å². The number of carbonyl (C=O) groups excluding carboxylic acids is 2. The lowest BCUT2D eigenvalue weighted by Crippen LogP contribution is -2.27. The minimum Gasteiger partial charge on any atom is -0.317 e. The van der Waals surface area contributed by atoms with Crippen LogP contribution in [0.1, 0.15) is 5.69 Å². The van der Waals surface area contributed by atoms with Gasteiger partial charge in [0.2, 0.25) is 0 Å². The number of halogens is 1. The van der Waals surface area contributed by atoms with Crippen LogP contribution < -0.4 is 0 Å². The van der Waals surface area contributed by atoms with Gasteiger partial charge in [-0.1, -0.05) is 6.08 Å².